The van der Waals surface area contributed by atoms with Crippen molar-refractivity contribution in [2.75, 3.05) is 20.1 Å². The van der Waals surface area contributed by atoms with Gasteiger partial charge in [-0.05, 0) is 38.6 Å². The lowest BCUT2D eigenvalue weighted by atomic mass is 10.1. The number of carboxylic acid groups (broad SMARTS) is 1. The molecule has 0 spiro atoms. The van der Waals surface area contributed by atoms with Gasteiger partial charge in [-0.2, -0.15) is 0 Å². The maximum atomic E-state index is 11.3. The predicted octanol–water partition coefficient (Wildman–Crippen LogP) is 1.76. The average molecular weight is 259 g/mol. The number of imidazole rings is 1. The monoisotopic (exact) mass is 259 g/mol. The molecular formula is C14H17N3O2. The smallest absolute Gasteiger partial charge is 0.356 e. The Morgan fingerprint density at radius 1 is 1.47 bits per heavy atom. The third-order valence-electron chi connectivity index (χ3n) is 3.77. The van der Waals surface area contributed by atoms with Crippen molar-refractivity contribution in [1.29, 1.82) is 0 Å². The minimum absolute atomic E-state index is 0.157. The first kappa shape index (κ1) is 12.2. The van der Waals surface area contributed by atoms with Crippen molar-refractivity contribution in [3.8, 4) is 0 Å². The number of likely N-dealkylation sites (N-methyl/N-ethyl adjacent to an activating group) is 1. The summed E-state index contributed by atoms with van der Waals surface area (Å²) in [6.07, 6.45) is 3.01. The SMILES string of the molecule is Cc1ccc2c(C(=O)O)nc(C3CCN(C)C3)n2c1. The van der Waals surface area contributed by atoms with E-state index in [1.807, 2.05) is 29.7 Å². The Morgan fingerprint density at radius 2 is 2.26 bits per heavy atom. The zero-order valence-electron chi connectivity index (χ0n) is 11.1. The van der Waals surface area contributed by atoms with Crippen LogP contribution in [0.3, 0.4) is 0 Å². The number of fused-ring (bicyclic) bond motifs is 1. The van der Waals surface area contributed by atoms with Crippen molar-refractivity contribution in [2.24, 2.45) is 0 Å². The molecule has 2 aromatic rings. The summed E-state index contributed by atoms with van der Waals surface area (Å²) in [5.41, 5.74) is 1.95. The number of likely N-dealkylation sites (tertiary alicyclic amines) is 1. The third kappa shape index (κ3) is 2.00. The van der Waals surface area contributed by atoms with E-state index in [1.54, 1.807) is 0 Å². The van der Waals surface area contributed by atoms with E-state index in [-0.39, 0.29) is 5.69 Å². The largest absolute Gasteiger partial charge is 0.476 e. The van der Waals surface area contributed by atoms with Crippen LogP contribution in [0.5, 0.6) is 0 Å². The van der Waals surface area contributed by atoms with Gasteiger partial charge in [-0.1, -0.05) is 6.07 Å². The van der Waals surface area contributed by atoms with E-state index in [1.165, 1.54) is 0 Å². The highest BCUT2D eigenvalue weighted by Gasteiger charge is 2.27. The van der Waals surface area contributed by atoms with Crippen LogP contribution in [0.2, 0.25) is 0 Å². The predicted molar refractivity (Wildman–Crippen MR) is 71.7 cm³/mol. The number of aryl methyl sites for hydroxylation is 1. The summed E-state index contributed by atoms with van der Waals surface area (Å²) in [5.74, 6) is 0.229. The van der Waals surface area contributed by atoms with Crippen LogP contribution in [0, 0.1) is 6.92 Å². The maximum absolute atomic E-state index is 11.3. The molecule has 5 heteroatoms. The molecule has 5 nitrogen and oxygen atoms in total. The highest BCUT2D eigenvalue weighted by atomic mass is 16.4. The summed E-state index contributed by atoms with van der Waals surface area (Å²) < 4.78 is 1.95. The summed E-state index contributed by atoms with van der Waals surface area (Å²) in [4.78, 5) is 17.9. The second kappa shape index (κ2) is 4.35. The highest BCUT2D eigenvalue weighted by molar-refractivity contribution is 5.93. The second-order valence-corrected chi connectivity index (χ2v) is 5.33. The molecule has 0 aromatic carbocycles. The van der Waals surface area contributed by atoms with Crippen LogP contribution in [-0.4, -0.2) is 45.5 Å². The molecule has 0 amide bonds. The van der Waals surface area contributed by atoms with Gasteiger partial charge >= 0.3 is 5.97 Å². The number of nitrogens with zero attached hydrogens (tertiary/aromatic N) is 3. The molecule has 1 saturated heterocycles. The van der Waals surface area contributed by atoms with Crippen LogP contribution >= 0.6 is 0 Å². The van der Waals surface area contributed by atoms with Gasteiger partial charge in [0.05, 0.1) is 5.52 Å². The van der Waals surface area contributed by atoms with Gasteiger partial charge in [-0.15, -0.1) is 0 Å². The maximum Gasteiger partial charge on any atom is 0.356 e. The van der Waals surface area contributed by atoms with Crippen molar-refractivity contribution < 1.29 is 9.90 Å². The van der Waals surface area contributed by atoms with E-state index in [4.69, 9.17) is 0 Å². The molecular weight excluding hydrogens is 242 g/mol. The molecule has 3 rings (SSSR count). The fraction of sp³-hybridized carbons (Fsp3) is 0.429. The first-order valence-corrected chi connectivity index (χ1v) is 6.46. The van der Waals surface area contributed by atoms with Crippen molar-refractivity contribution in [3.05, 3.63) is 35.4 Å². The van der Waals surface area contributed by atoms with Crippen molar-refractivity contribution in [2.45, 2.75) is 19.3 Å². The molecule has 1 aliphatic heterocycles. The number of aromatic carboxylic acids is 1. The van der Waals surface area contributed by atoms with Crippen molar-refractivity contribution in [3.63, 3.8) is 0 Å². The molecule has 1 fully saturated rings. The number of hydrogen-bond acceptors (Lipinski definition) is 3. The molecule has 1 aliphatic rings. The molecule has 0 radical (unpaired) electrons. The molecule has 0 saturated carbocycles. The summed E-state index contributed by atoms with van der Waals surface area (Å²) in [6.45, 7) is 3.98. The first-order valence-electron chi connectivity index (χ1n) is 6.46. The van der Waals surface area contributed by atoms with E-state index in [9.17, 15) is 9.90 Å². The second-order valence-electron chi connectivity index (χ2n) is 5.33. The van der Waals surface area contributed by atoms with E-state index in [0.29, 0.717) is 11.4 Å². The summed E-state index contributed by atoms with van der Waals surface area (Å²) >= 11 is 0. The Kier molecular flexibility index (Phi) is 2.78. The quantitative estimate of drug-likeness (QED) is 0.892. The number of hydrogen-bond donors (Lipinski definition) is 1. The lowest BCUT2D eigenvalue weighted by molar-refractivity contribution is 0.0693. The van der Waals surface area contributed by atoms with Gasteiger partial charge in [-0.3, -0.25) is 0 Å². The summed E-state index contributed by atoms with van der Waals surface area (Å²) in [5, 5.41) is 9.27. The van der Waals surface area contributed by atoms with Crippen LogP contribution < -0.4 is 0 Å². The number of carbonyl (C=O) groups is 1. The number of carboxylic acids is 1. The van der Waals surface area contributed by atoms with E-state index < -0.39 is 5.97 Å². The molecule has 1 atom stereocenters. The van der Waals surface area contributed by atoms with Gasteiger partial charge in [0.1, 0.15) is 5.82 Å². The molecule has 0 aliphatic carbocycles. The molecule has 100 valence electrons. The lowest BCUT2D eigenvalue weighted by Gasteiger charge is -2.09. The Morgan fingerprint density at radius 3 is 2.89 bits per heavy atom. The standard InChI is InChI=1S/C14H17N3O2/c1-9-3-4-11-12(14(18)19)15-13(17(11)7-9)10-5-6-16(2)8-10/h3-4,7,10H,5-6,8H2,1-2H3,(H,18,19). The van der Waals surface area contributed by atoms with E-state index >= 15 is 0 Å². The van der Waals surface area contributed by atoms with Gasteiger partial charge in [0.2, 0.25) is 0 Å². The molecule has 1 N–H and O–H groups in total. The van der Waals surface area contributed by atoms with Crippen LogP contribution in [0.25, 0.3) is 5.52 Å². The topological polar surface area (TPSA) is 57.8 Å². The van der Waals surface area contributed by atoms with Crippen molar-refractivity contribution in [1.82, 2.24) is 14.3 Å². The molecule has 0 bridgehead atoms. The van der Waals surface area contributed by atoms with Gasteiger partial charge < -0.3 is 14.4 Å². The van der Waals surface area contributed by atoms with Gasteiger partial charge in [0, 0.05) is 18.7 Å². The minimum atomic E-state index is -0.959. The minimum Gasteiger partial charge on any atom is -0.476 e. The van der Waals surface area contributed by atoms with Crippen LogP contribution in [0.15, 0.2) is 18.3 Å². The van der Waals surface area contributed by atoms with Crippen LogP contribution in [0.1, 0.15) is 34.2 Å². The number of rotatable bonds is 2. The number of pyridine rings is 1. The summed E-state index contributed by atoms with van der Waals surface area (Å²) in [6, 6.07) is 3.77. The van der Waals surface area contributed by atoms with Gasteiger partial charge in [0.25, 0.3) is 0 Å². The lowest BCUT2D eigenvalue weighted by Crippen LogP contribution is -2.14. The average Bonchev–Trinajstić information content (AvgIpc) is 2.92. The van der Waals surface area contributed by atoms with E-state index in [0.717, 1.165) is 30.9 Å². The fourth-order valence-corrected chi connectivity index (χ4v) is 2.81. The van der Waals surface area contributed by atoms with Gasteiger partial charge in [-0.25, -0.2) is 9.78 Å². The van der Waals surface area contributed by atoms with E-state index in [2.05, 4.69) is 16.9 Å². The Hall–Kier alpha value is -1.88. The van der Waals surface area contributed by atoms with Crippen molar-refractivity contribution >= 4 is 11.5 Å². The first-order chi connectivity index (χ1) is 9.06. The molecule has 3 heterocycles. The Balaban J connectivity index is 2.18. The Bertz CT molecular complexity index is 647. The van der Waals surface area contributed by atoms with Crippen LogP contribution in [0.4, 0.5) is 0 Å². The van der Waals surface area contributed by atoms with Crippen LogP contribution in [-0.2, 0) is 0 Å². The molecule has 2 aromatic heterocycles. The zero-order chi connectivity index (χ0) is 13.6. The molecule has 19 heavy (non-hydrogen) atoms. The highest BCUT2D eigenvalue weighted by Crippen LogP contribution is 2.27. The fourth-order valence-electron chi connectivity index (χ4n) is 2.81. The third-order valence-corrected chi connectivity index (χ3v) is 3.77. The zero-order valence-corrected chi connectivity index (χ0v) is 11.1. The summed E-state index contributed by atoms with van der Waals surface area (Å²) in [7, 11) is 2.08. The molecule has 1 unspecified atom stereocenters. The number of aromatic nitrogens is 2. The Labute approximate surface area is 111 Å². The normalized spacial score (nSPS) is 20.2. The van der Waals surface area contributed by atoms with Gasteiger partial charge in [0.15, 0.2) is 5.69 Å².